The van der Waals surface area contributed by atoms with Crippen molar-refractivity contribution in [2.24, 2.45) is 0 Å². The molecule has 0 radical (unpaired) electrons. The average Bonchev–Trinajstić information content (AvgIpc) is 1.50. The third kappa shape index (κ3) is 1660. The predicted molar refractivity (Wildman–Crippen MR) is 19.1 cm³/mol. The van der Waals surface area contributed by atoms with Crippen LogP contribution < -0.4 is 0 Å². The summed E-state index contributed by atoms with van der Waals surface area (Å²) < 4.78 is 16.0. The van der Waals surface area contributed by atoms with Crippen LogP contribution in [0.2, 0.25) is 0 Å². The quantitative estimate of drug-likeness (QED) is 0.437. The van der Waals surface area contributed by atoms with Gasteiger partial charge in [-0.15, -0.1) is 0 Å². The topological polar surface area (TPSA) is 177 Å². The summed E-state index contributed by atoms with van der Waals surface area (Å²) in [6.07, 6.45) is 0. The average molecular weight is 238 g/mol. The third-order valence-corrected chi connectivity index (χ3v) is 0. The fourth-order valence-electron chi connectivity index (χ4n) is 0. The molecular formula is H2B2O7V2. The van der Waals surface area contributed by atoms with Gasteiger partial charge in [-0.3, -0.25) is 0 Å². The summed E-state index contributed by atoms with van der Waals surface area (Å²) in [5.74, 6) is 0. The van der Waals surface area contributed by atoms with Crippen molar-refractivity contribution in [3.8, 4) is 0 Å². The Morgan fingerprint density at radius 1 is 0.455 bits per heavy atom. The van der Waals surface area contributed by atoms with Crippen LogP contribution in [0.3, 0.4) is 0 Å². The van der Waals surface area contributed by atoms with Crippen molar-refractivity contribution in [1.29, 1.82) is 0 Å². The van der Waals surface area contributed by atoms with E-state index in [9.17, 15) is 0 Å². The summed E-state index contributed by atoms with van der Waals surface area (Å²) in [5.41, 5.74) is 0. The normalized spacial score (nSPS) is 0.545. The molecule has 0 N–H and O–H groups in total. The number of rotatable bonds is 0. The van der Waals surface area contributed by atoms with Crippen LogP contribution in [0, 0.1) is 0 Å². The number of hydrogen-bond donors (Lipinski definition) is 0. The molecule has 0 fully saturated rings. The van der Waals surface area contributed by atoms with Gasteiger partial charge >= 0.3 is 62.0 Å². The number of hydrogen-bond acceptors (Lipinski definition) is 2. The predicted octanol–water partition coefficient (Wildman–Crippen LogP) is -2.13. The largest absolute Gasteiger partial charge is 5.00 e. The van der Waals surface area contributed by atoms with Crippen molar-refractivity contribution < 1.29 is 73.9 Å². The van der Waals surface area contributed by atoms with Crippen LogP contribution in [0.15, 0.2) is 0 Å². The zero-order chi connectivity index (χ0) is 4.00. The molecule has 0 amide bonds. The van der Waals surface area contributed by atoms with Crippen molar-refractivity contribution >= 4 is 15.4 Å². The van der Waals surface area contributed by atoms with Gasteiger partial charge in [-0.1, -0.05) is 0 Å². The van der Waals surface area contributed by atoms with E-state index in [1.165, 1.54) is 0 Å². The van der Waals surface area contributed by atoms with Gasteiger partial charge in [0.15, 0.2) is 0 Å². The molecule has 0 atom stereocenters. The van der Waals surface area contributed by atoms with Crippen LogP contribution in [-0.4, -0.2) is 15.4 Å². The molecule has 0 aromatic carbocycles. The van der Waals surface area contributed by atoms with Gasteiger partial charge in [0.05, 0.1) is 0 Å². The smallest absolute Gasteiger partial charge is 2.00 e. The van der Waals surface area contributed by atoms with Crippen molar-refractivity contribution in [2.45, 2.75) is 0 Å². The first-order valence-electron chi connectivity index (χ1n) is 0.577. The first-order chi connectivity index (χ1) is 2.00. The van der Waals surface area contributed by atoms with Gasteiger partial charge in [-0.2, -0.15) is 0 Å². The Morgan fingerprint density at radius 3 is 0.455 bits per heavy atom. The molecule has 0 aliphatic heterocycles. The van der Waals surface area contributed by atoms with E-state index < -0.39 is 0 Å². The molecule has 60 valence electrons. The van der Waals surface area contributed by atoms with E-state index in [4.69, 9.17) is 9.41 Å². The molecule has 0 aliphatic carbocycles. The first-order valence-corrected chi connectivity index (χ1v) is 0.577. The molecule has 0 aliphatic rings. The van der Waals surface area contributed by atoms with Crippen LogP contribution in [-0.2, 0) is 73.9 Å². The van der Waals surface area contributed by atoms with Crippen LogP contribution in [0.4, 0.5) is 0 Å². The zero-order valence-corrected chi connectivity index (χ0v) is 7.96. The summed E-state index contributed by atoms with van der Waals surface area (Å²) in [6, 6.07) is 0. The van der Waals surface area contributed by atoms with Crippen LogP contribution >= 0.6 is 0 Å². The molecule has 0 aromatic rings. The Kier molecular flexibility index (Phi) is 34500. The molecule has 0 saturated carbocycles. The van der Waals surface area contributed by atoms with E-state index in [0.717, 1.165) is 0 Å². The molecule has 7 nitrogen and oxygen atoms in total. The zero-order valence-electron chi connectivity index (χ0n) is 5.17. The second kappa shape index (κ2) is 2060. The molecule has 0 spiro atoms. The molecule has 0 bridgehead atoms. The maximum Gasteiger partial charge on any atom is 5.00 e. The molecule has 11 heavy (non-hydrogen) atoms. The molecular weight excluding hydrogens is 236 g/mol. The van der Waals surface area contributed by atoms with Crippen LogP contribution in [0.1, 0.15) is 0 Å². The minimum Gasteiger partial charge on any atom is -2.00 e. The van der Waals surface area contributed by atoms with E-state index in [1.807, 2.05) is 15.4 Å². The van der Waals surface area contributed by atoms with Gasteiger partial charge in [0, 0.05) is 0 Å². The van der Waals surface area contributed by atoms with Gasteiger partial charge in [-0.05, 0) is 0 Å². The maximum atomic E-state index is 8.00. The van der Waals surface area contributed by atoms with E-state index in [-0.39, 0.29) is 64.5 Å². The Labute approximate surface area is 89.5 Å². The Balaban J connectivity index is -0.000000000635. The van der Waals surface area contributed by atoms with Gasteiger partial charge < -0.3 is 27.4 Å². The summed E-state index contributed by atoms with van der Waals surface area (Å²) in [4.78, 5) is 0. The third-order valence-electron chi connectivity index (χ3n) is 0. The van der Waals surface area contributed by atoms with Crippen molar-refractivity contribution in [1.82, 2.24) is 0 Å². The summed E-state index contributed by atoms with van der Waals surface area (Å²) in [5, 5.41) is 0. The standard InChI is InChI=1S/2BHO.5O.2V/c2*1-2;;;;;;;/h2*1H;;;;;;;/q;;5*-2;2*+5. The minimum atomic E-state index is 0. The fourth-order valence-corrected chi connectivity index (χ4v) is 0. The molecule has 11 heteroatoms. The fraction of sp³-hybridized carbons (Fsp3) is 0. The van der Waals surface area contributed by atoms with Gasteiger partial charge in [0.25, 0.3) is 0 Å². The van der Waals surface area contributed by atoms with E-state index in [2.05, 4.69) is 0 Å². The molecule has 0 rings (SSSR count). The second-order valence-corrected chi connectivity index (χ2v) is 0. The molecule has 0 aromatic heterocycles. The molecule has 0 heterocycles. The van der Waals surface area contributed by atoms with Gasteiger partial charge in [0.2, 0.25) is 0 Å². The Bertz CT molecular complexity index is 16.4. The van der Waals surface area contributed by atoms with E-state index in [1.54, 1.807) is 0 Å². The van der Waals surface area contributed by atoms with Gasteiger partial charge in [0.1, 0.15) is 0 Å². The monoisotopic (exact) mass is 238 g/mol. The maximum absolute atomic E-state index is 8.00. The Morgan fingerprint density at radius 2 is 0.455 bits per heavy atom. The SMILES string of the molecule is B=O.B=O.[O-2].[O-2].[O-2].[O-2].[O-2].[V+5].[V+5]. The van der Waals surface area contributed by atoms with Gasteiger partial charge in [-0.25, -0.2) is 0 Å². The Hall–Kier alpha value is 0.699. The van der Waals surface area contributed by atoms with Crippen molar-refractivity contribution in [3.63, 3.8) is 0 Å². The van der Waals surface area contributed by atoms with E-state index in [0.29, 0.717) is 0 Å². The minimum absolute atomic E-state index is 0. The van der Waals surface area contributed by atoms with Crippen LogP contribution in [0.5, 0.6) is 0 Å². The summed E-state index contributed by atoms with van der Waals surface area (Å²) in [6.45, 7) is 0. The van der Waals surface area contributed by atoms with E-state index >= 15 is 0 Å². The first kappa shape index (κ1) is 184. The second-order valence-electron chi connectivity index (χ2n) is 0. The van der Waals surface area contributed by atoms with Crippen LogP contribution in [0.25, 0.3) is 0 Å². The molecule has 0 saturated heterocycles. The van der Waals surface area contributed by atoms with Crippen molar-refractivity contribution in [2.75, 3.05) is 0 Å². The summed E-state index contributed by atoms with van der Waals surface area (Å²) in [7, 11) is 4.00. The molecule has 0 unspecified atom stereocenters. The van der Waals surface area contributed by atoms with Crippen molar-refractivity contribution in [3.05, 3.63) is 0 Å². The summed E-state index contributed by atoms with van der Waals surface area (Å²) >= 11 is 0.